The molecule has 0 spiro atoms. The number of hydrogen-bond donors (Lipinski definition) is 2. The number of carbonyl (C=O) groups excluding carboxylic acids is 1. The monoisotopic (exact) mass is 220 g/mol. The second-order valence-corrected chi connectivity index (χ2v) is 3.78. The first-order chi connectivity index (χ1) is 7.81. The summed E-state index contributed by atoms with van der Waals surface area (Å²) in [5.74, 6) is 0.965. The van der Waals surface area contributed by atoms with Crippen LogP contribution >= 0.6 is 0 Å². The van der Waals surface area contributed by atoms with Gasteiger partial charge in [-0.3, -0.25) is 4.79 Å². The first-order valence-corrected chi connectivity index (χ1v) is 5.50. The van der Waals surface area contributed by atoms with Gasteiger partial charge < -0.3 is 15.4 Å². The van der Waals surface area contributed by atoms with Crippen molar-refractivity contribution in [2.45, 2.75) is 12.8 Å². The highest BCUT2D eigenvalue weighted by atomic mass is 16.5. The molecule has 0 fully saturated rings. The fraction of sp³-hybridized carbons (Fsp3) is 0.417. The van der Waals surface area contributed by atoms with E-state index in [1.165, 1.54) is 0 Å². The van der Waals surface area contributed by atoms with Gasteiger partial charge >= 0.3 is 0 Å². The van der Waals surface area contributed by atoms with Crippen LogP contribution in [0.4, 0.5) is 5.69 Å². The number of ether oxygens (including phenoxy) is 1. The Balaban J connectivity index is 2.13. The van der Waals surface area contributed by atoms with E-state index in [2.05, 4.69) is 10.6 Å². The molecule has 0 saturated heterocycles. The SMILES string of the molecule is CNCCOc1cccc2c1CCC(=O)N2. The molecule has 1 aliphatic rings. The molecule has 2 rings (SSSR count). The minimum atomic E-state index is 0.0832. The van der Waals surface area contributed by atoms with Gasteiger partial charge in [-0.25, -0.2) is 0 Å². The molecule has 1 aliphatic heterocycles. The van der Waals surface area contributed by atoms with Crippen molar-refractivity contribution in [3.8, 4) is 5.75 Å². The van der Waals surface area contributed by atoms with Gasteiger partial charge in [-0.2, -0.15) is 0 Å². The minimum Gasteiger partial charge on any atom is -0.492 e. The lowest BCUT2D eigenvalue weighted by Gasteiger charge is -2.19. The number of amides is 1. The molecule has 4 nitrogen and oxygen atoms in total. The van der Waals surface area contributed by atoms with Gasteiger partial charge in [-0.15, -0.1) is 0 Å². The molecular formula is C12H16N2O2. The van der Waals surface area contributed by atoms with Crippen molar-refractivity contribution in [3.63, 3.8) is 0 Å². The zero-order valence-corrected chi connectivity index (χ0v) is 9.38. The average molecular weight is 220 g/mol. The van der Waals surface area contributed by atoms with E-state index in [1.54, 1.807) is 0 Å². The van der Waals surface area contributed by atoms with Gasteiger partial charge in [-0.05, 0) is 25.6 Å². The smallest absolute Gasteiger partial charge is 0.224 e. The number of rotatable bonds is 4. The Morgan fingerprint density at radius 3 is 3.12 bits per heavy atom. The minimum absolute atomic E-state index is 0.0832. The number of likely N-dealkylation sites (N-methyl/N-ethyl adjacent to an activating group) is 1. The van der Waals surface area contributed by atoms with Gasteiger partial charge in [0.15, 0.2) is 0 Å². The maximum absolute atomic E-state index is 11.2. The molecule has 0 unspecified atom stereocenters. The average Bonchev–Trinajstić information content (AvgIpc) is 2.29. The second kappa shape index (κ2) is 4.99. The number of fused-ring (bicyclic) bond motifs is 1. The summed E-state index contributed by atoms with van der Waals surface area (Å²) in [6.07, 6.45) is 1.30. The lowest BCUT2D eigenvalue weighted by atomic mass is 10.0. The van der Waals surface area contributed by atoms with Crippen molar-refractivity contribution in [2.75, 3.05) is 25.5 Å². The first-order valence-electron chi connectivity index (χ1n) is 5.50. The van der Waals surface area contributed by atoms with E-state index in [0.717, 1.165) is 30.0 Å². The number of benzene rings is 1. The molecule has 1 aromatic carbocycles. The highest BCUT2D eigenvalue weighted by molar-refractivity contribution is 5.94. The Morgan fingerprint density at radius 1 is 1.44 bits per heavy atom. The van der Waals surface area contributed by atoms with Gasteiger partial charge in [0.1, 0.15) is 12.4 Å². The third-order valence-electron chi connectivity index (χ3n) is 2.62. The first kappa shape index (κ1) is 11.0. The van der Waals surface area contributed by atoms with Crippen molar-refractivity contribution in [3.05, 3.63) is 23.8 Å². The standard InChI is InChI=1S/C12H16N2O2/c1-13-7-8-16-11-4-2-3-10-9(11)5-6-12(15)14-10/h2-4,13H,5-8H2,1H3,(H,14,15). The molecule has 0 aromatic heterocycles. The van der Waals surface area contributed by atoms with Crippen LogP contribution in [0.25, 0.3) is 0 Å². The zero-order valence-electron chi connectivity index (χ0n) is 9.38. The molecule has 4 heteroatoms. The molecule has 2 N–H and O–H groups in total. The lowest BCUT2D eigenvalue weighted by molar-refractivity contribution is -0.116. The Bertz CT molecular complexity index is 391. The summed E-state index contributed by atoms with van der Waals surface area (Å²) < 4.78 is 5.67. The highest BCUT2D eigenvalue weighted by Gasteiger charge is 2.17. The highest BCUT2D eigenvalue weighted by Crippen LogP contribution is 2.30. The van der Waals surface area contributed by atoms with Crippen LogP contribution in [0.2, 0.25) is 0 Å². The normalized spacial score (nSPS) is 14.2. The maximum atomic E-state index is 11.2. The van der Waals surface area contributed by atoms with Gasteiger partial charge in [0, 0.05) is 24.2 Å². The summed E-state index contributed by atoms with van der Waals surface area (Å²) in [4.78, 5) is 11.2. The van der Waals surface area contributed by atoms with Gasteiger partial charge in [0.2, 0.25) is 5.91 Å². The molecular weight excluding hydrogens is 204 g/mol. The fourth-order valence-electron chi connectivity index (χ4n) is 1.79. The topological polar surface area (TPSA) is 50.4 Å². The van der Waals surface area contributed by atoms with Crippen LogP contribution in [0.3, 0.4) is 0 Å². The Labute approximate surface area is 95.0 Å². The van der Waals surface area contributed by atoms with Crippen molar-refractivity contribution in [2.24, 2.45) is 0 Å². The van der Waals surface area contributed by atoms with Crippen molar-refractivity contribution >= 4 is 11.6 Å². The number of anilines is 1. The molecule has 1 aromatic rings. The van der Waals surface area contributed by atoms with E-state index in [-0.39, 0.29) is 5.91 Å². The molecule has 0 bridgehead atoms. The van der Waals surface area contributed by atoms with E-state index in [4.69, 9.17) is 4.74 Å². The van der Waals surface area contributed by atoms with Crippen molar-refractivity contribution in [1.82, 2.24) is 5.32 Å². The lowest BCUT2D eigenvalue weighted by Crippen LogP contribution is -2.21. The van der Waals surface area contributed by atoms with Crippen LogP contribution in [0.15, 0.2) is 18.2 Å². The van der Waals surface area contributed by atoms with E-state index in [9.17, 15) is 4.79 Å². The predicted octanol–water partition coefficient (Wildman–Crippen LogP) is 1.17. The number of carbonyl (C=O) groups is 1. The van der Waals surface area contributed by atoms with Gasteiger partial charge in [-0.1, -0.05) is 6.07 Å². The van der Waals surface area contributed by atoms with Crippen LogP contribution in [0, 0.1) is 0 Å². The Kier molecular flexibility index (Phi) is 3.41. The molecule has 0 saturated carbocycles. The molecule has 0 radical (unpaired) electrons. The third-order valence-corrected chi connectivity index (χ3v) is 2.62. The Morgan fingerprint density at radius 2 is 2.31 bits per heavy atom. The summed E-state index contributed by atoms with van der Waals surface area (Å²) in [7, 11) is 1.89. The van der Waals surface area contributed by atoms with Crippen LogP contribution in [-0.4, -0.2) is 26.1 Å². The summed E-state index contributed by atoms with van der Waals surface area (Å²) >= 11 is 0. The predicted molar refractivity (Wildman–Crippen MR) is 62.8 cm³/mol. The largest absolute Gasteiger partial charge is 0.492 e. The van der Waals surface area contributed by atoms with Crippen LogP contribution in [-0.2, 0) is 11.2 Å². The third kappa shape index (κ3) is 2.33. The zero-order chi connectivity index (χ0) is 11.4. The van der Waals surface area contributed by atoms with Crippen molar-refractivity contribution in [1.29, 1.82) is 0 Å². The molecule has 86 valence electrons. The summed E-state index contributed by atoms with van der Waals surface area (Å²) in [6, 6.07) is 5.77. The van der Waals surface area contributed by atoms with Crippen LogP contribution in [0.5, 0.6) is 5.75 Å². The quantitative estimate of drug-likeness (QED) is 0.749. The van der Waals surface area contributed by atoms with Crippen LogP contribution in [0.1, 0.15) is 12.0 Å². The molecule has 16 heavy (non-hydrogen) atoms. The van der Waals surface area contributed by atoms with Crippen LogP contribution < -0.4 is 15.4 Å². The summed E-state index contributed by atoms with van der Waals surface area (Å²) in [5, 5.41) is 5.89. The number of hydrogen-bond acceptors (Lipinski definition) is 3. The van der Waals surface area contributed by atoms with E-state index in [1.807, 2.05) is 25.2 Å². The summed E-state index contributed by atoms with van der Waals surface area (Å²) in [6.45, 7) is 1.46. The number of nitrogens with one attached hydrogen (secondary N) is 2. The molecule has 1 amide bonds. The molecule has 0 atom stereocenters. The van der Waals surface area contributed by atoms with E-state index in [0.29, 0.717) is 13.0 Å². The maximum Gasteiger partial charge on any atom is 0.224 e. The second-order valence-electron chi connectivity index (χ2n) is 3.78. The van der Waals surface area contributed by atoms with Gasteiger partial charge in [0.25, 0.3) is 0 Å². The van der Waals surface area contributed by atoms with Gasteiger partial charge in [0.05, 0.1) is 0 Å². The van der Waals surface area contributed by atoms with E-state index < -0.39 is 0 Å². The van der Waals surface area contributed by atoms with E-state index >= 15 is 0 Å². The fourth-order valence-corrected chi connectivity index (χ4v) is 1.79. The van der Waals surface area contributed by atoms with Crippen molar-refractivity contribution < 1.29 is 9.53 Å². The molecule has 1 heterocycles. The summed E-state index contributed by atoms with van der Waals surface area (Å²) in [5.41, 5.74) is 2.00. The Hall–Kier alpha value is -1.55. The molecule has 0 aliphatic carbocycles.